The summed E-state index contributed by atoms with van der Waals surface area (Å²) in [6.45, 7) is 16.7. The minimum absolute atomic E-state index is 0.0147. The molecule has 1 unspecified atom stereocenters. The molecule has 0 saturated carbocycles. The van der Waals surface area contributed by atoms with E-state index in [1.54, 1.807) is 39.2 Å². The molecular formula is C34H50N4O5S2. The van der Waals surface area contributed by atoms with Gasteiger partial charge in [0.05, 0.1) is 16.9 Å². The summed E-state index contributed by atoms with van der Waals surface area (Å²) in [5, 5.41) is 6.14. The van der Waals surface area contributed by atoms with Crippen LogP contribution in [0.4, 0.5) is 0 Å². The van der Waals surface area contributed by atoms with E-state index in [2.05, 4.69) is 28.0 Å². The van der Waals surface area contributed by atoms with Crippen molar-refractivity contribution < 1.29 is 22.8 Å². The normalized spacial score (nSPS) is 14.8. The Morgan fingerprint density at radius 3 is 1.98 bits per heavy atom. The number of carbonyl (C=O) groups is 3. The van der Waals surface area contributed by atoms with Gasteiger partial charge < -0.3 is 15.5 Å². The third kappa shape index (κ3) is 9.67. The first kappa shape index (κ1) is 38.0. The maximum Gasteiger partial charge on any atom is 0.264 e. The molecule has 248 valence electrons. The number of carbonyl (C=O) groups excluding carboxylic acids is 3. The van der Waals surface area contributed by atoms with Crippen LogP contribution in [0.25, 0.3) is 0 Å². The van der Waals surface area contributed by atoms with Crippen molar-refractivity contribution in [3.8, 4) is 0 Å². The molecule has 0 aliphatic carbocycles. The third-order valence-electron chi connectivity index (χ3n) is 7.97. The number of hydrogen-bond donors (Lipinski definition) is 4. The Kier molecular flexibility index (Phi) is 12.6. The second kappa shape index (κ2) is 15.0. The molecule has 2 rings (SSSR count). The quantitative estimate of drug-likeness (QED) is 0.243. The van der Waals surface area contributed by atoms with Crippen molar-refractivity contribution in [2.75, 3.05) is 14.1 Å². The molecule has 3 N–H and O–H groups in total. The van der Waals surface area contributed by atoms with Crippen molar-refractivity contribution in [3.05, 3.63) is 71.4 Å². The Balaban J connectivity index is 2.34. The third-order valence-corrected chi connectivity index (χ3v) is 9.61. The van der Waals surface area contributed by atoms with E-state index in [1.165, 1.54) is 17.0 Å². The smallest absolute Gasteiger partial charge is 0.264 e. The van der Waals surface area contributed by atoms with Crippen LogP contribution in [-0.2, 0) is 29.8 Å². The topological polar surface area (TPSA) is 125 Å². The first-order valence-corrected chi connectivity index (χ1v) is 17.0. The molecule has 2 aromatic rings. The predicted molar refractivity (Wildman–Crippen MR) is 182 cm³/mol. The molecule has 3 atom stereocenters. The van der Waals surface area contributed by atoms with Crippen LogP contribution in [0, 0.1) is 24.2 Å². The predicted octanol–water partition coefficient (Wildman–Crippen LogP) is 4.82. The van der Waals surface area contributed by atoms with Gasteiger partial charge in [0.15, 0.2) is 0 Å². The number of amides is 3. The van der Waals surface area contributed by atoms with Crippen molar-refractivity contribution in [1.82, 2.24) is 20.3 Å². The van der Waals surface area contributed by atoms with Gasteiger partial charge in [-0.15, -0.1) is 12.6 Å². The molecule has 0 saturated heterocycles. The lowest BCUT2D eigenvalue weighted by molar-refractivity contribution is -0.138. The molecule has 0 spiro atoms. The van der Waals surface area contributed by atoms with Crippen LogP contribution < -0.4 is 15.4 Å². The van der Waals surface area contributed by atoms with E-state index >= 15 is 0 Å². The number of likely N-dealkylation sites (N-methyl/N-ethyl adjacent to an activating group) is 2. The summed E-state index contributed by atoms with van der Waals surface area (Å²) in [5.41, 5.74) is 1.03. The van der Waals surface area contributed by atoms with Gasteiger partial charge in [-0.2, -0.15) is 0 Å². The van der Waals surface area contributed by atoms with Crippen molar-refractivity contribution in [1.29, 1.82) is 0 Å². The van der Waals surface area contributed by atoms with Gasteiger partial charge >= 0.3 is 0 Å². The van der Waals surface area contributed by atoms with Crippen LogP contribution in [0.5, 0.6) is 0 Å². The fraction of sp³-hybridized carbons (Fsp3) is 0.500. The zero-order chi connectivity index (χ0) is 34.5. The van der Waals surface area contributed by atoms with E-state index in [1.807, 2.05) is 79.7 Å². The Bertz CT molecular complexity index is 1510. The minimum Gasteiger partial charge on any atom is -0.342 e. The van der Waals surface area contributed by atoms with Crippen LogP contribution in [0.15, 0.2) is 70.1 Å². The summed E-state index contributed by atoms with van der Waals surface area (Å²) in [6, 6.07) is 12.2. The Morgan fingerprint density at radius 1 is 0.911 bits per heavy atom. The number of allylic oxidation sites excluding steroid dienone is 1. The van der Waals surface area contributed by atoms with Crippen molar-refractivity contribution >= 4 is 40.4 Å². The SMILES string of the molecule is CN[C@H](C(=O)N[C@H](C(=O)N(C)/C(=C/C(C)C(=O)NS(=O)(=O)c1ccc(C)cc1)C(C)C)C(C)(C)C)C(C)(C)c1cccc(S)c1. The zero-order valence-corrected chi connectivity index (χ0v) is 30.1. The molecule has 0 aliphatic rings. The Morgan fingerprint density at radius 2 is 1.49 bits per heavy atom. The zero-order valence-electron chi connectivity index (χ0n) is 28.3. The van der Waals surface area contributed by atoms with Crippen molar-refractivity contribution in [2.24, 2.45) is 17.3 Å². The summed E-state index contributed by atoms with van der Waals surface area (Å²) in [4.78, 5) is 43.1. The lowest BCUT2D eigenvalue weighted by Gasteiger charge is -2.39. The maximum atomic E-state index is 14.1. The number of nitrogens with one attached hydrogen (secondary N) is 3. The monoisotopic (exact) mass is 658 g/mol. The lowest BCUT2D eigenvalue weighted by atomic mass is 9.76. The molecule has 9 nitrogen and oxygen atoms in total. The molecule has 0 radical (unpaired) electrons. The first-order valence-electron chi connectivity index (χ1n) is 15.0. The summed E-state index contributed by atoms with van der Waals surface area (Å²) in [5.74, 6) is -2.49. The lowest BCUT2D eigenvalue weighted by Crippen LogP contribution is -2.60. The second-order valence-electron chi connectivity index (χ2n) is 13.5. The van der Waals surface area contributed by atoms with E-state index in [0.717, 1.165) is 16.0 Å². The molecule has 3 amide bonds. The number of nitrogens with zero attached hydrogens (tertiary/aromatic N) is 1. The molecule has 45 heavy (non-hydrogen) atoms. The number of benzene rings is 2. The number of sulfonamides is 1. The summed E-state index contributed by atoms with van der Waals surface area (Å²) in [7, 11) is -0.761. The number of rotatable bonds is 12. The highest BCUT2D eigenvalue weighted by molar-refractivity contribution is 7.90. The molecule has 0 aromatic heterocycles. The molecule has 0 aliphatic heterocycles. The molecule has 0 heterocycles. The summed E-state index contributed by atoms with van der Waals surface area (Å²) >= 11 is 4.46. The molecular weight excluding hydrogens is 609 g/mol. The summed E-state index contributed by atoms with van der Waals surface area (Å²) < 4.78 is 27.8. The fourth-order valence-electron chi connectivity index (χ4n) is 5.11. The molecule has 0 bridgehead atoms. The number of hydrogen-bond acceptors (Lipinski definition) is 7. The van der Waals surface area contributed by atoms with Gasteiger partial charge in [-0.1, -0.05) is 84.4 Å². The van der Waals surface area contributed by atoms with Gasteiger partial charge in [-0.25, -0.2) is 13.1 Å². The van der Waals surface area contributed by atoms with E-state index in [-0.39, 0.29) is 22.6 Å². The highest BCUT2D eigenvalue weighted by Gasteiger charge is 2.41. The average molecular weight is 659 g/mol. The highest BCUT2D eigenvalue weighted by atomic mass is 32.2. The van der Waals surface area contributed by atoms with Crippen LogP contribution in [0.1, 0.15) is 66.5 Å². The minimum atomic E-state index is -4.07. The maximum absolute atomic E-state index is 14.1. The Hall–Kier alpha value is -3.15. The van der Waals surface area contributed by atoms with Crippen LogP contribution in [-0.4, -0.2) is 57.2 Å². The van der Waals surface area contributed by atoms with E-state index < -0.39 is 44.8 Å². The standard InChI is InChI=1S/C34H50N4O5S2/c1-21(2)27(19-23(4)30(39)37-45(42,43)26-17-15-22(3)16-18-26)38(11)32(41)29(33(5,6)7)36-31(40)28(35-10)34(8,9)24-13-12-14-25(44)20-24/h12-21,23,28-29,35,44H,1-11H3,(H,36,40)(H,37,39)/b27-19+/t23?,28-,29-/m1/s1. The van der Waals surface area contributed by atoms with E-state index in [0.29, 0.717) is 5.70 Å². The highest BCUT2D eigenvalue weighted by Crippen LogP contribution is 2.30. The van der Waals surface area contributed by atoms with E-state index in [4.69, 9.17) is 0 Å². The molecule has 2 aromatic carbocycles. The van der Waals surface area contributed by atoms with Gasteiger partial charge in [0, 0.05) is 23.1 Å². The Labute approximate surface area is 275 Å². The van der Waals surface area contributed by atoms with Gasteiger partial charge in [-0.3, -0.25) is 14.4 Å². The van der Waals surface area contributed by atoms with Crippen LogP contribution >= 0.6 is 12.6 Å². The van der Waals surface area contributed by atoms with E-state index in [9.17, 15) is 22.8 Å². The second-order valence-corrected chi connectivity index (χ2v) is 15.7. The van der Waals surface area contributed by atoms with Gasteiger partial charge in [0.25, 0.3) is 10.0 Å². The number of aryl methyl sites for hydroxylation is 1. The fourth-order valence-corrected chi connectivity index (χ4v) is 6.40. The van der Waals surface area contributed by atoms with Crippen LogP contribution in [0.3, 0.4) is 0 Å². The first-order chi connectivity index (χ1) is 20.6. The summed E-state index contributed by atoms with van der Waals surface area (Å²) in [6.07, 6.45) is 1.59. The van der Waals surface area contributed by atoms with Crippen LogP contribution in [0.2, 0.25) is 0 Å². The largest absolute Gasteiger partial charge is 0.342 e. The number of thiol groups is 1. The molecule has 11 heteroatoms. The average Bonchev–Trinajstić information content (AvgIpc) is 2.93. The van der Waals surface area contributed by atoms with Crippen molar-refractivity contribution in [3.63, 3.8) is 0 Å². The van der Waals surface area contributed by atoms with Gasteiger partial charge in [0.2, 0.25) is 17.7 Å². The van der Waals surface area contributed by atoms with Gasteiger partial charge in [0.1, 0.15) is 6.04 Å². The molecule has 0 fully saturated rings. The van der Waals surface area contributed by atoms with Gasteiger partial charge in [-0.05, 0) is 62.1 Å². The van der Waals surface area contributed by atoms with Crippen molar-refractivity contribution in [2.45, 2.75) is 89.6 Å².